The number of hydrogen-bond donors (Lipinski definition) is 3. The van der Waals surface area contributed by atoms with Crippen LogP contribution in [0.1, 0.15) is 61.9 Å². The standard InChI is InChI=1S/C31H39F3N4O5/c1-19-16-38(20(2)18-39)29(41)25-15-24(35-28(40)21-7-5-4-6-8-21)13-14-26(25)43-27(19)17-37(3)30(42)36-23-11-9-22(10-12-23)31(32,33)34/h9-15,19-21,27,39H,4-8,16-18H2,1-3H3,(H,35,40)(H,36,42)/t19-,20+,27+/m0/s1. The van der Waals surface area contributed by atoms with Crippen LogP contribution in [-0.2, 0) is 11.0 Å². The number of amides is 4. The van der Waals surface area contributed by atoms with E-state index in [1.165, 1.54) is 17.0 Å². The number of likely N-dealkylation sites (N-methyl/N-ethyl adjacent to an activating group) is 1. The predicted octanol–water partition coefficient (Wildman–Crippen LogP) is 5.61. The predicted molar refractivity (Wildman–Crippen MR) is 156 cm³/mol. The second-order valence-electron chi connectivity index (χ2n) is 11.5. The third kappa shape index (κ3) is 7.98. The first kappa shape index (κ1) is 32.1. The molecule has 0 saturated heterocycles. The SMILES string of the molecule is C[C@H](CO)N1C[C@H](C)[C@@H](CN(C)C(=O)Nc2ccc(C(F)(F)F)cc2)Oc2ccc(NC(=O)C3CCCCC3)cc2C1=O. The summed E-state index contributed by atoms with van der Waals surface area (Å²) in [4.78, 5) is 42.4. The molecule has 1 fully saturated rings. The Balaban J connectivity index is 1.52. The highest BCUT2D eigenvalue weighted by Gasteiger charge is 2.35. The summed E-state index contributed by atoms with van der Waals surface area (Å²) in [5.41, 5.74) is 0.0944. The summed E-state index contributed by atoms with van der Waals surface area (Å²) in [6.45, 7) is 3.69. The van der Waals surface area contributed by atoms with Gasteiger partial charge in [-0.05, 0) is 62.2 Å². The first-order chi connectivity index (χ1) is 20.4. The summed E-state index contributed by atoms with van der Waals surface area (Å²) >= 11 is 0. The highest BCUT2D eigenvalue weighted by Crippen LogP contribution is 2.32. The lowest BCUT2D eigenvalue weighted by atomic mass is 9.88. The highest BCUT2D eigenvalue weighted by molar-refractivity contribution is 6.00. The van der Waals surface area contributed by atoms with Gasteiger partial charge in [-0.15, -0.1) is 0 Å². The lowest BCUT2D eigenvalue weighted by molar-refractivity contribution is -0.137. The van der Waals surface area contributed by atoms with Crippen LogP contribution in [0.4, 0.5) is 29.3 Å². The van der Waals surface area contributed by atoms with Gasteiger partial charge in [0.05, 0.1) is 30.3 Å². The fourth-order valence-corrected chi connectivity index (χ4v) is 5.44. The van der Waals surface area contributed by atoms with Crippen molar-refractivity contribution >= 4 is 29.2 Å². The van der Waals surface area contributed by atoms with E-state index in [0.29, 0.717) is 5.69 Å². The van der Waals surface area contributed by atoms with E-state index < -0.39 is 29.9 Å². The zero-order valence-electron chi connectivity index (χ0n) is 24.6. The van der Waals surface area contributed by atoms with E-state index in [4.69, 9.17) is 4.74 Å². The number of anilines is 2. The molecule has 0 radical (unpaired) electrons. The Morgan fingerprint density at radius 3 is 2.35 bits per heavy atom. The summed E-state index contributed by atoms with van der Waals surface area (Å²) in [6.07, 6.45) is -0.241. The summed E-state index contributed by atoms with van der Waals surface area (Å²) in [5.74, 6) is -0.472. The van der Waals surface area contributed by atoms with Gasteiger partial charge in [0.1, 0.15) is 11.9 Å². The maximum atomic E-state index is 13.7. The Labute approximate surface area is 249 Å². The number of nitrogens with zero attached hydrogens (tertiary/aromatic N) is 2. The van der Waals surface area contributed by atoms with Crippen LogP contribution < -0.4 is 15.4 Å². The Bertz CT molecular complexity index is 1300. The van der Waals surface area contributed by atoms with Gasteiger partial charge in [-0.1, -0.05) is 26.2 Å². The summed E-state index contributed by atoms with van der Waals surface area (Å²) in [5, 5.41) is 15.4. The number of fused-ring (bicyclic) bond motifs is 1. The van der Waals surface area contributed by atoms with Crippen molar-refractivity contribution in [1.82, 2.24) is 9.80 Å². The van der Waals surface area contributed by atoms with Crippen molar-refractivity contribution in [3.8, 4) is 5.75 Å². The third-order valence-corrected chi connectivity index (χ3v) is 8.17. The van der Waals surface area contributed by atoms with Crippen LogP contribution in [-0.4, -0.2) is 71.6 Å². The Morgan fingerprint density at radius 1 is 1.07 bits per heavy atom. The van der Waals surface area contributed by atoms with Gasteiger partial charge in [-0.25, -0.2) is 4.79 Å². The molecule has 2 aromatic rings. The molecule has 3 N–H and O–H groups in total. The number of alkyl halides is 3. The lowest BCUT2D eigenvalue weighted by Crippen LogP contribution is -2.50. The molecule has 0 unspecified atom stereocenters. The summed E-state index contributed by atoms with van der Waals surface area (Å²) < 4.78 is 45.0. The molecule has 9 nitrogen and oxygen atoms in total. The molecule has 1 heterocycles. The summed E-state index contributed by atoms with van der Waals surface area (Å²) in [7, 11) is 1.54. The third-order valence-electron chi connectivity index (χ3n) is 8.17. The minimum Gasteiger partial charge on any atom is -0.487 e. The number of urea groups is 1. The lowest BCUT2D eigenvalue weighted by Gasteiger charge is -2.38. The van der Waals surface area contributed by atoms with Crippen LogP contribution in [0, 0.1) is 11.8 Å². The molecule has 4 rings (SSSR count). The van der Waals surface area contributed by atoms with Crippen molar-refractivity contribution in [1.29, 1.82) is 0 Å². The van der Waals surface area contributed by atoms with Gasteiger partial charge in [0.15, 0.2) is 0 Å². The number of hydrogen-bond acceptors (Lipinski definition) is 5. The molecule has 1 aliphatic heterocycles. The molecule has 4 amide bonds. The van der Waals surface area contributed by atoms with Crippen molar-refractivity contribution in [2.75, 3.05) is 37.4 Å². The van der Waals surface area contributed by atoms with Crippen molar-refractivity contribution in [2.45, 2.75) is 64.3 Å². The van der Waals surface area contributed by atoms with Gasteiger partial charge in [0, 0.05) is 36.8 Å². The average Bonchev–Trinajstić information content (AvgIpc) is 2.99. The fourth-order valence-electron chi connectivity index (χ4n) is 5.44. The molecule has 2 aliphatic rings. The topological polar surface area (TPSA) is 111 Å². The van der Waals surface area contributed by atoms with Crippen LogP contribution in [0.5, 0.6) is 5.75 Å². The first-order valence-corrected chi connectivity index (χ1v) is 14.6. The molecular weight excluding hydrogens is 565 g/mol. The van der Waals surface area contributed by atoms with Gasteiger partial charge in [-0.2, -0.15) is 13.2 Å². The van der Waals surface area contributed by atoms with Crippen molar-refractivity contribution in [3.05, 3.63) is 53.6 Å². The Morgan fingerprint density at radius 2 is 1.72 bits per heavy atom. The largest absolute Gasteiger partial charge is 0.487 e. The van der Waals surface area contributed by atoms with E-state index in [9.17, 15) is 32.7 Å². The smallest absolute Gasteiger partial charge is 0.416 e. The van der Waals surface area contributed by atoms with Crippen LogP contribution in [0.15, 0.2) is 42.5 Å². The number of aliphatic hydroxyl groups is 1. The molecular formula is C31H39F3N4O5. The highest BCUT2D eigenvalue weighted by atomic mass is 19.4. The molecule has 0 bridgehead atoms. The number of nitrogens with one attached hydrogen (secondary N) is 2. The number of rotatable bonds is 7. The summed E-state index contributed by atoms with van der Waals surface area (Å²) in [6, 6.07) is 8.00. The molecule has 2 aromatic carbocycles. The van der Waals surface area contributed by atoms with Gasteiger partial charge < -0.3 is 30.3 Å². The monoisotopic (exact) mass is 604 g/mol. The van der Waals surface area contributed by atoms with E-state index in [1.54, 1.807) is 37.1 Å². The van der Waals surface area contributed by atoms with Crippen LogP contribution in [0.25, 0.3) is 0 Å². The number of ether oxygens (including phenoxy) is 1. The quantitative estimate of drug-likeness (QED) is 0.381. The molecule has 1 aliphatic carbocycles. The van der Waals surface area contributed by atoms with Crippen LogP contribution in [0.3, 0.4) is 0 Å². The Kier molecular flexibility index (Phi) is 10.2. The van der Waals surface area contributed by atoms with E-state index in [-0.39, 0.29) is 60.3 Å². The van der Waals surface area contributed by atoms with Crippen LogP contribution >= 0.6 is 0 Å². The van der Waals surface area contributed by atoms with Crippen LogP contribution in [0.2, 0.25) is 0 Å². The van der Waals surface area contributed by atoms with E-state index in [0.717, 1.165) is 44.2 Å². The number of halogens is 3. The molecule has 234 valence electrons. The normalized spacial score (nSPS) is 20.3. The minimum absolute atomic E-state index is 0.0666. The molecule has 1 saturated carbocycles. The average molecular weight is 605 g/mol. The zero-order valence-corrected chi connectivity index (χ0v) is 24.6. The van der Waals surface area contributed by atoms with Gasteiger partial charge in [0.2, 0.25) is 5.91 Å². The minimum atomic E-state index is -4.48. The molecule has 12 heteroatoms. The van der Waals surface area contributed by atoms with E-state index in [1.807, 2.05) is 6.92 Å². The number of benzene rings is 2. The van der Waals surface area contributed by atoms with Gasteiger partial charge in [-0.3, -0.25) is 9.59 Å². The molecule has 0 aromatic heterocycles. The van der Waals surface area contributed by atoms with Crippen molar-refractivity contribution < 1.29 is 37.4 Å². The van der Waals surface area contributed by atoms with Gasteiger partial charge >= 0.3 is 12.2 Å². The molecule has 0 spiro atoms. The molecule has 3 atom stereocenters. The first-order valence-electron chi connectivity index (χ1n) is 14.6. The second kappa shape index (κ2) is 13.7. The fraction of sp³-hybridized carbons (Fsp3) is 0.516. The van der Waals surface area contributed by atoms with Gasteiger partial charge in [0.25, 0.3) is 5.91 Å². The van der Waals surface area contributed by atoms with Crippen molar-refractivity contribution in [2.24, 2.45) is 11.8 Å². The second-order valence-corrected chi connectivity index (χ2v) is 11.5. The maximum Gasteiger partial charge on any atom is 0.416 e. The maximum absolute atomic E-state index is 13.7. The molecule has 43 heavy (non-hydrogen) atoms. The van der Waals surface area contributed by atoms with E-state index in [2.05, 4.69) is 10.6 Å². The zero-order chi connectivity index (χ0) is 31.3. The van der Waals surface area contributed by atoms with Crippen molar-refractivity contribution in [3.63, 3.8) is 0 Å². The number of carbonyl (C=O) groups is 3. The number of carbonyl (C=O) groups excluding carboxylic acids is 3. The Hall–Kier alpha value is -3.80. The van der Waals surface area contributed by atoms with E-state index >= 15 is 0 Å². The number of aliphatic hydroxyl groups excluding tert-OH is 1.